The van der Waals surface area contributed by atoms with Gasteiger partial charge in [-0.25, -0.2) is 0 Å². The van der Waals surface area contributed by atoms with Gasteiger partial charge in [0, 0.05) is 24.4 Å². The maximum atomic E-state index is 11.8. The van der Waals surface area contributed by atoms with Gasteiger partial charge in [-0.15, -0.1) is 0 Å². The van der Waals surface area contributed by atoms with Gasteiger partial charge in [0.25, 0.3) is 0 Å². The van der Waals surface area contributed by atoms with E-state index in [9.17, 15) is 4.79 Å². The van der Waals surface area contributed by atoms with E-state index >= 15 is 0 Å². The summed E-state index contributed by atoms with van der Waals surface area (Å²) in [6.45, 7) is 8.82. The van der Waals surface area contributed by atoms with Crippen LogP contribution in [0.2, 0.25) is 0 Å². The molecule has 0 aliphatic rings. The van der Waals surface area contributed by atoms with E-state index in [4.69, 9.17) is 10.5 Å². The molecule has 20 heavy (non-hydrogen) atoms. The Morgan fingerprint density at radius 2 is 2.05 bits per heavy atom. The van der Waals surface area contributed by atoms with E-state index in [-0.39, 0.29) is 12.0 Å². The summed E-state index contributed by atoms with van der Waals surface area (Å²) in [5.74, 6) is 0.498. The monoisotopic (exact) mass is 278 g/mol. The van der Waals surface area contributed by atoms with Crippen LogP contribution in [0.3, 0.4) is 0 Å². The van der Waals surface area contributed by atoms with Crippen molar-refractivity contribution in [1.29, 1.82) is 0 Å². The first-order chi connectivity index (χ1) is 9.41. The van der Waals surface area contributed by atoms with Crippen LogP contribution in [0.1, 0.15) is 39.2 Å². The van der Waals surface area contributed by atoms with E-state index in [2.05, 4.69) is 26.1 Å². The van der Waals surface area contributed by atoms with Crippen molar-refractivity contribution >= 4 is 17.3 Å². The molecule has 4 heteroatoms. The average molecular weight is 278 g/mol. The minimum Gasteiger partial charge on any atom is -0.398 e. The van der Waals surface area contributed by atoms with Gasteiger partial charge in [0.15, 0.2) is 0 Å². The topological polar surface area (TPSA) is 64.3 Å². The average Bonchev–Trinajstić information content (AvgIpc) is 2.39. The van der Waals surface area contributed by atoms with Crippen LogP contribution in [0, 0.1) is 12.8 Å². The normalized spacial score (nSPS) is 12.4. The number of ether oxygens (including phenoxy) is 1. The smallest absolute Gasteiger partial charge is 0.224 e. The summed E-state index contributed by atoms with van der Waals surface area (Å²) in [4.78, 5) is 11.8. The van der Waals surface area contributed by atoms with E-state index in [0.717, 1.165) is 17.7 Å². The van der Waals surface area contributed by atoms with Crippen molar-refractivity contribution in [2.45, 2.75) is 46.6 Å². The Balaban J connectivity index is 2.32. The molecule has 0 saturated carbocycles. The molecule has 1 aromatic carbocycles. The number of amides is 1. The SMILES string of the molecule is Cc1c(N)cccc1NC(=O)CCCOC(C)C(C)C. The molecule has 0 aromatic heterocycles. The number of hydrogen-bond acceptors (Lipinski definition) is 3. The zero-order valence-corrected chi connectivity index (χ0v) is 12.9. The highest BCUT2D eigenvalue weighted by Crippen LogP contribution is 2.20. The zero-order chi connectivity index (χ0) is 15.1. The highest BCUT2D eigenvalue weighted by atomic mass is 16.5. The second kappa shape index (κ2) is 7.90. The molecular formula is C16H26N2O2. The second-order valence-corrected chi connectivity index (χ2v) is 5.49. The predicted molar refractivity (Wildman–Crippen MR) is 83.7 cm³/mol. The Hall–Kier alpha value is -1.55. The standard InChI is InChI=1S/C16H26N2O2/c1-11(2)13(4)20-10-6-9-16(19)18-15-8-5-7-14(17)12(15)3/h5,7-8,11,13H,6,9-10,17H2,1-4H3,(H,18,19). The minimum absolute atomic E-state index is 0.000463. The fourth-order valence-corrected chi connectivity index (χ4v) is 1.70. The van der Waals surface area contributed by atoms with Crippen molar-refractivity contribution in [2.24, 2.45) is 5.92 Å². The number of benzene rings is 1. The molecule has 0 spiro atoms. The molecule has 0 aliphatic heterocycles. The van der Waals surface area contributed by atoms with Crippen LogP contribution in [0.25, 0.3) is 0 Å². The molecule has 1 aromatic rings. The van der Waals surface area contributed by atoms with Gasteiger partial charge in [0.05, 0.1) is 6.10 Å². The quantitative estimate of drug-likeness (QED) is 0.594. The molecular weight excluding hydrogens is 252 g/mol. The van der Waals surface area contributed by atoms with Crippen molar-refractivity contribution in [1.82, 2.24) is 0 Å². The van der Waals surface area contributed by atoms with Crippen molar-refractivity contribution in [3.63, 3.8) is 0 Å². The van der Waals surface area contributed by atoms with Gasteiger partial charge in [-0.2, -0.15) is 0 Å². The molecule has 0 bridgehead atoms. The summed E-state index contributed by atoms with van der Waals surface area (Å²) < 4.78 is 5.65. The number of rotatable bonds is 7. The lowest BCUT2D eigenvalue weighted by molar-refractivity contribution is -0.116. The fourth-order valence-electron chi connectivity index (χ4n) is 1.70. The lowest BCUT2D eigenvalue weighted by atomic mass is 10.1. The van der Waals surface area contributed by atoms with E-state index in [0.29, 0.717) is 24.6 Å². The molecule has 3 N–H and O–H groups in total. The number of nitrogens with one attached hydrogen (secondary N) is 1. The molecule has 1 amide bonds. The van der Waals surface area contributed by atoms with E-state index in [1.54, 1.807) is 0 Å². The molecule has 0 saturated heterocycles. The highest BCUT2D eigenvalue weighted by Gasteiger charge is 2.09. The van der Waals surface area contributed by atoms with Gasteiger partial charge >= 0.3 is 0 Å². The van der Waals surface area contributed by atoms with E-state index in [1.807, 2.05) is 25.1 Å². The first kappa shape index (κ1) is 16.5. The Morgan fingerprint density at radius 3 is 2.70 bits per heavy atom. The summed E-state index contributed by atoms with van der Waals surface area (Å²) in [5.41, 5.74) is 8.19. The van der Waals surface area contributed by atoms with Gasteiger partial charge in [0.2, 0.25) is 5.91 Å². The molecule has 1 unspecified atom stereocenters. The maximum Gasteiger partial charge on any atom is 0.224 e. The summed E-state index contributed by atoms with van der Waals surface area (Å²) in [6, 6.07) is 5.53. The van der Waals surface area contributed by atoms with Gasteiger partial charge in [-0.1, -0.05) is 19.9 Å². The first-order valence-corrected chi connectivity index (χ1v) is 7.18. The third-order valence-electron chi connectivity index (χ3n) is 3.52. The van der Waals surface area contributed by atoms with Crippen LogP contribution >= 0.6 is 0 Å². The van der Waals surface area contributed by atoms with Crippen LogP contribution in [0.5, 0.6) is 0 Å². The lowest BCUT2D eigenvalue weighted by Crippen LogP contribution is -2.18. The summed E-state index contributed by atoms with van der Waals surface area (Å²) in [7, 11) is 0. The Labute approximate surface area is 121 Å². The van der Waals surface area contributed by atoms with Crippen molar-refractivity contribution in [3.8, 4) is 0 Å². The summed E-state index contributed by atoms with van der Waals surface area (Å²) in [6.07, 6.45) is 1.41. The van der Waals surface area contributed by atoms with Crippen molar-refractivity contribution < 1.29 is 9.53 Å². The first-order valence-electron chi connectivity index (χ1n) is 7.18. The molecule has 1 atom stereocenters. The Bertz CT molecular complexity index is 444. The van der Waals surface area contributed by atoms with E-state index < -0.39 is 0 Å². The third-order valence-corrected chi connectivity index (χ3v) is 3.52. The number of nitrogens with two attached hydrogens (primary N) is 1. The van der Waals surface area contributed by atoms with Crippen LogP contribution < -0.4 is 11.1 Å². The minimum atomic E-state index is -0.000463. The number of carbonyl (C=O) groups is 1. The molecule has 4 nitrogen and oxygen atoms in total. The number of anilines is 2. The van der Waals surface area contributed by atoms with Crippen LogP contribution in [0.4, 0.5) is 11.4 Å². The number of nitrogen functional groups attached to an aromatic ring is 1. The summed E-state index contributed by atoms with van der Waals surface area (Å²) >= 11 is 0. The van der Waals surface area contributed by atoms with Gasteiger partial charge in [-0.3, -0.25) is 4.79 Å². The van der Waals surface area contributed by atoms with Crippen molar-refractivity contribution in [3.05, 3.63) is 23.8 Å². The van der Waals surface area contributed by atoms with Gasteiger partial charge < -0.3 is 15.8 Å². The van der Waals surface area contributed by atoms with Crippen LogP contribution in [0.15, 0.2) is 18.2 Å². The lowest BCUT2D eigenvalue weighted by Gasteiger charge is -2.16. The zero-order valence-electron chi connectivity index (χ0n) is 12.9. The largest absolute Gasteiger partial charge is 0.398 e. The predicted octanol–water partition coefficient (Wildman–Crippen LogP) is 3.36. The van der Waals surface area contributed by atoms with Gasteiger partial charge in [0.1, 0.15) is 0 Å². The molecule has 0 aliphatic carbocycles. The molecule has 1 rings (SSSR count). The third kappa shape index (κ3) is 5.21. The molecule has 0 radical (unpaired) electrons. The van der Waals surface area contributed by atoms with Gasteiger partial charge in [-0.05, 0) is 43.9 Å². The van der Waals surface area contributed by atoms with Crippen LogP contribution in [-0.2, 0) is 9.53 Å². The number of carbonyl (C=O) groups excluding carboxylic acids is 1. The Morgan fingerprint density at radius 1 is 1.35 bits per heavy atom. The molecule has 0 fully saturated rings. The fraction of sp³-hybridized carbons (Fsp3) is 0.562. The van der Waals surface area contributed by atoms with E-state index in [1.165, 1.54) is 0 Å². The molecule has 0 heterocycles. The van der Waals surface area contributed by atoms with Crippen molar-refractivity contribution in [2.75, 3.05) is 17.7 Å². The van der Waals surface area contributed by atoms with Crippen LogP contribution in [-0.4, -0.2) is 18.6 Å². The maximum absolute atomic E-state index is 11.8. The highest BCUT2D eigenvalue weighted by molar-refractivity contribution is 5.92. The molecule has 112 valence electrons. The Kier molecular flexibility index (Phi) is 6.52. The second-order valence-electron chi connectivity index (χ2n) is 5.49. The summed E-state index contributed by atoms with van der Waals surface area (Å²) in [5, 5.41) is 2.89. The number of hydrogen-bond donors (Lipinski definition) is 2.